The Hall–Kier alpha value is -2.63. The van der Waals surface area contributed by atoms with Crippen molar-refractivity contribution in [2.45, 2.75) is 64.5 Å². The first-order valence-electron chi connectivity index (χ1n) is 11.7. The fourth-order valence-corrected chi connectivity index (χ4v) is 4.48. The van der Waals surface area contributed by atoms with Crippen molar-refractivity contribution in [3.05, 3.63) is 82.9 Å². The normalized spacial score (nSPS) is 15.3. The molecule has 6 heteroatoms. The number of halogens is 1. The second kappa shape index (κ2) is 13.2. The Morgan fingerprint density at radius 3 is 2.55 bits per heavy atom. The van der Waals surface area contributed by atoms with Crippen molar-refractivity contribution < 1.29 is 14.3 Å². The monoisotopic (exact) mass is 468 g/mol. The maximum atomic E-state index is 12.2. The molecule has 3 rings (SSSR count). The van der Waals surface area contributed by atoms with Gasteiger partial charge in [0, 0.05) is 11.6 Å². The number of hydrazine groups is 1. The van der Waals surface area contributed by atoms with E-state index >= 15 is 0 Å². The first-order valence-corrected chi connectivity index (χ1v) is 12.1. The zero-order valence-electron chi connectivity index (χ0n) is 19.2. The summed E-state index contributed by atoms with van der Waals surface area (Å²) in [7, 11) is 0. The van der Waals surface area contributed by atoms with Gasteiger partial charge in [-0.25, -0.2) is 10.2 Å². The summed E-state index contributed by atoms with van der Waals surface area (Å²) in [5, 5.41) is -0.435. The minimum absolute atomic E-state index is 0.142. The topological polar surface area (TPSA) is 67.4 Å². The molecule has 1 amide bonds. The summed E-state index contributed by atoms with van der Waals surface area (Å²) in [5.74, 6) is 0.511. The van der Waals surface area contributed by atoms with Crippen LogP contribution in [-0.2, 0) is 17.8 Å². The van der Waals surface area contributed by atoms with E-state index in [2.05, 4.69) is 29.1 Å². The molecule has 0 aliphatic heterocycles. The summed E-state index contributed by atoms with van der Waals surface area (Å²) in [5.41, 5.74) is 9.51. The van der Waals surface area contributed by atoms with E-state index in [1.54, 1.807) is 6.07 Å². The van der Waals surface area contributed by atoms with Gasteiger partial charge in [0.1, 0.15) is 6.61 Å². The number of hydrogen-bond acceptors (Lipinski definition) is 4. The molecule has 0 radical (unpaired) electrons. The van der Waals surface area contributed by atoms with Crippen molar-refractivity contribution >= 4 is 22.9 Å². The molecule has 33 heavy (non-hydrogen) atoms. The van der Waals surface area contributed by atoms with Crippen LogP contribution in [0, 0.1) is 12.8 Å². The smallest absolute Gasteiger partial charge is 0.421 e. The highest BCUT2D eigenvalue weighted by molar-refractivity contribution is 6.67. The molecule has 1 saturated carbocycles. The van der Waals surface area contributed by atoms with E-state index in [1.165, 1.54) is 19.3 Å². The lowest BCUT2D eigenvalue weighted by molar-refractivity contribution is 0.108. The predicted molar refractivity (Wildman–Crippen MR) is 132 cm³/mol. The average Bonchev–Trinajstić information content (AvgIpc) is 2.83. The van der Waals surface area contributed by atoms with E-state index in [-0.39, 0.29) is 12.6 Å². The van der Waals surface area contributed by atoms with Crippen LogP contribution in [0.15, 0.2) is 60.7 Å². The Bertz CT molecular complexity index is 940. The molecule has 2 aromatic carbocycles. The first kappa shape index (κ1) is 25.0. The molecule has 5 nitrogen and oxygen atoms in total. The maximum Gasteiger partial charge on any atom is 0.421 e. The van der Waals surface area contributed by atoms with E-state index < -0.39 is 11.3 Å². The van der Waals surface area contributed by atoms with E-state index in [1.807, 2.05) is 43.3 Å². The number of amides is 1. The second-order valence-electron chi connectivity index (χ2n) is 8.73. The van der Waals surface area contributed by atoms with Gasteiger partial charge in [-0.15, -0.1) is 0 Å². The molecule has 1 aliphatic carbocycles. The molecule has 0 aromatic heterocycles. The number of carbonyl (C=O) groups is 2. The van der Waals surface area contributed by atoms with Crippen LogP contribution in [0.3, 0.4) is 0 Å². The number of hydrogen-bond donors (Lipinski definition) is 2. The van der Waals surface area contributed by atoms with Gasteiger partial charge in [0.2, 0.25) is 0 Å². The Morgan fingerprint density at radius 1 is 1.06 bits per heavy atom. The summed E-state index contributed by atoms with van der Waals surface area (Å²) in [6.07, 6.45) is 11.4. The van der Waals surface area contributed by atoms with Gasteiger partial charge in [0.15, 0.2) is 0 Å². The quantitative estimate of drug-likeness (QED) is 0.246. The molecule has 0 spiro atoms. The molecular weight excluding hydrogens is 436 g/mol. The van der Waals surface area contributed by atoms with Crippen molar-refractivity contribution in [2.75, 3.05) is 0 Å². The highest BCUT2D eigenvalue weighted by Crippen LogP contribution is 2.28. The zero-order chi connectivity index (χ0) is 23.5. The number of allylic oxidation sites excluding steroid dienone is 1. The van der Waals surface area contributed by atoms with E-state index in [0.29, 0.717) is 11.5 Å². The molecule has 0 bridgehead atoms. The van der Waals surface area contributed by atoms with Crippen LogP contribution in [0.1, 0.15) is 65.6 Å². The van der Waals surface area contributed by atoms with Gasteiger partial charge < -0.3 is 4.74 Å². The number of aryl methyl sites for hydroxylation is 1. The minimum atomic E-state index is -0.471. The average molecular weight is 469 g/mol. The minimum Gasteiger partial charge on any atom is -0.444 e. The number of carbonyl (C=O) groups excluding carboxylic acids is 2. The van der Waals surface area contributed by atoms with Crippen LogP contribution in [0.2, 0.25) is 0 Å². The van der Waals surface area contributed by atoms with Crippen molar-refractivity contribution in [1.82, 2.24) is 10.9 Å². The Kier molecular flexibility index (Phi) is 9.98. The Labute approximate surface area is 201 Å². The molecule has 0 unspecified atom stereocenters. The molecule has 2 N–H and O–H groups in total. The maximum absolute atomic E-state index is 12.2. The van der Waals surface area contributed by atoms with Crippen LogP contribution >= 0.6 is 11.6 Å². The molecule has 1 fully saturated rings. The van der Waals surface area contributed by atoms with Crippen molar-refractivity contribution in [1.29, 1.82) is 0 Å². The molecule has 0 heterocycles. The summed E-state index contributed by atoms with van der Waals surface area (Å²) < 4.78 is 5.32. The van der Waals surface area contributed by atoms with Gasteiger partial charge in [0.25, 0.3) is 5.24 Å². The fraction of sp³-hybridized carbons (Fsp3) is 0.407. The van der Waals surface area contributed by atoms with E-state index in [0.717, 1.165) is 42.4 Å². The molecule has 1 atom stereocenters. The summed E-state index contributed by atoms with van der Waals surface area (Å²) in [4.78, 5) is 23.7. The lowest BCUT2D eigenvalue weighted by atomic mass is 9.83. The van der Waals surface area contributed by atoms with Crippen LogP contribution in [0.5, 0.6) is 0 Å². The van der Waals surface area contributed by atoms with Gasteiger partial charge in [-0.2, -0.15) is 0 Å². The third-order valence-corrected chi connectivity index (χ3v) is 6.28. The van der Waals surface area contributed by atoms with Gasteiger partial charge in [-0.05, 0) is 73.4 Å². The molecule has 176 valence electrons. The lowest BCUT2D eigenvalue weighted by Crippen LogP contribution is -2.48. The van der Waals surface area contributed by atoms with Crippen molar-refractivity contribution in [3.8, 4) is 0 Å². The number of nitrogens with one attached hydrogen (secondary N) is 2. The van der Waals surface area contributed by atoms with Crippen molar-refractivity contribution in [3.63, 3.8) is 0 Å². The number of benzene rings is 2. The number of ether oxygens (including phenoxy) is 1. The third kappa shape index (κ3) is 8.67. The van der Waals surface area contributed by atoms with E-state index in [9.17, 15) is 9.59 Å². The van der Waals surface area contributed by atoms with Crippen LogP contribution in [0.4, 0.5) is 4.79 Å². The van der Waals surface area contributed by atoms with Crippen LogP contribution in [-0.4, -0.2) is 17.4 Å². The van der Waals surface area contributed by atoms with Crippen LogP contribution in [0.25, 0.3) is 0 Å². The highest BCUT2D eigenvalue weighted by atomic mass is 35.5. The summed E-state index contributed by atoms with van der Waals surface area (Å²) >= 11 is 5.64. The summed E-state index contributed by atoms with van der Waals surface area (Å²) in [6, 6.07) is 15.5. The third-order valence-electron chi connectivity index (χ3n) is 6.07. The van der Waals surface area contributed by atoms with Crippen molar-refractivity contribution in [2.24, 2.45) is 5.92 Å². The fourth-order valence-electron chi connectivity index (χ4n) is 4.37. The van der Waals surface area contributed by atoms with Gasteiger partial charge >= 0.3 is 6.09 Å². The molecule has 1 aliphatic rings. The highest BCUT2D eigenvalue weighted by Gasteiger charge is 2.23. The molecular formula is C27H33ClN2O3. The van der Waals surface area contributed by atoms with E-state index in [4.69, 9.17) is 16.3 Å². The predicted octanol–water partition coefficient (Wildman–Crippen LogP) is 6.24. The second-order valence-corrected chi connectivity index (χ2v) is 9.07. The number of rotatable bonds is 10. The molecule has 0 saturated heterocycles. The largest absolute Gasteiger partial charge is 0.444 e. The van der Waals surface area contributed by atoms with Gasteiger partial charge in [0.05, 0.1) is 0 Å². The summed E-state index contributed by atoms with van der Waals surface area (Å²) in [6.45, 7) is 2.20. The zero-order valence-corrected chi connectivity index (χ0v) is 19.9. The standard InChI is InChI=1S/C27H33ClN2O3/c1-20-16-22(18-24(17-20)26(28)31)12-8-9-15-25(23-13-6-3-7-14-23)29-30-27(32)33-19-21-10-4-2-5-11-21/h2,4-5,8-11,16-18,23,25,29H,3,6-7,12-15,19H2,1H3,(H,30,32)/b9-8+/t25-/m0/s1. The van der Waals surface area contributed by atoms with Crippen LogP contribution < -0.4 is 10.9 Å². The Balaban J connectivity index is 1.52. The van der Waals surface area contributed by atoms with Gasteiger partial charge in [-0.3, -0.25) is 10.2 Å². The molecule has 2 aromatic rings. The van der Waals surface area contributed by atoms with Gasteiger partial charge in [-0.1, -0.05) is 73.4 Å². The SMILES string of the molecule is Cc1cc(C/C=C/C[C@H](NNC(=O)OCc2ccccc2)C2CCCCC2)cc(C(=O)Cl)c1. The lowest BCUT2D eigenvalue weighted by Gasteiger charge is -2.30. The Morgan fingerprint density at radius 2 is 1.82 bits per heavy atom. The first-order chi connectivity index (χ1) is 16.0.